The Labute approximate surface area is 243 Å². The Bertz CT molecular complexity index is 1140. The molecule has 3 aliphatic rings. The number of aliphatic hydroxyl groups excluding tert-OH is 1. The first-order valence-electron chi connectivity index (χ1n) is 14.8. The van der Waals surface area contributed by atoms with E-state index in [2.05, 4.69) is 50.4 Å². The van der Waals surface area contributed by atoms with Crippen LogP contribution in [-0.4, -0.2) is 53.0 Å². The maximum Gasteiger partial charge on any atom is 0.147 e. The lowest BCUT2D eigenvalue weighted by atomic mass is 9.70. The number of hydrogen-bond donors (Lipinski definition) is 2. The second-order valence-corrected chi connectivity index (χ2v) is 12.6. The molecular weight excluding hydrogens is 522 g/mol. The van der Waals surface area contributed by atoms with Crippen LogP contribution in [0.1, 0.15) is 54.0 Å². The summed E-state index contributed by atoms with van der Waals surface area (Å²) in [4.78, 5) is 75.7. The van der Waals surface area contributed by atoms with Crippen molar-refractivity contribution >= 4 is 40.4 Å². The van der Waals surface area contributed by atoms with Gasteiger partial charge in [0, 0.05) is 54.3 Å². The van der Waals surface area contributed by atoms with Gasteiger partial charge in [-0.25, -0.2) is 0 Å². The number of anilines is 1. The van der Waals surface area contributed by atoms with Crippen molar-refractivity contribution in [2.24, 2.45) is 65.1 Å². The van der Waals surface area contributed by atoms with Crippen LogP contribution >= 0.6 is 0 Å². The predicted octanol–water partition coefficient (Wildman–Crippen LogP) is 3.76. The fraction of sp³-hybridized carbons (Fsp3) is 0.636. The van der Waals surface area contributed by atoms with Crippen LogP contribution in [0.4, 0.5) is 5.69 Å². The van der Waals surface area contributed by atoms with E-state index in [0.29, 0.717) is 11.8 Å². The lowest BCUT2D eigenvalue weighted by Gasteiger charge is -2.29. The maximum atomic E-state index is 12.9. The summed E-state index contributed by atoms with van der Waals surface area (Å²) in [6.07, 6.45) is 0. The summed E-state index contributed by atoms with van der Waals surface area (Å²) in [6.45, 7) is 15.2. The normalized spacial score (nSPS) is 35.0. The molecule has 0 heterocycles. The predicted molar refractivity (Wildman–Crippen MR) is 155 cm³/mol. The first kappa shape index (κ1) is 32.5. The molecule has 4 rings (SSSR count). The van der Waals surface area contributed by atoms with Gasteiger partial charge in [-0.15, -0.1) is 0 Å². The van der Waals surface area contributed by atoms with Gasteiger partial charge in [0.25, 0.3) is 0 Å². The minimum Gasteiger partial charge on any atom is -0.396 e. The number of nitrogens with one attached hydrogen (secondary N) is 1. The Morgan fingerprint density at radius 3 is 1.32 bits per heavy atom. The molecule has 3 aliphatic carbocycles. The van der Waals surface area contributed by atoms with E-state index in [0.717, 1.165) is 12.2 Å². The van der Waals surface area contributed by atoms with Crippen LogP contribution in [0, 0.1) is 72.0 Å². The molecule has 8 nitrogen and oxygen atoms in total. The SMILES string of the molecule is CC1C(=O)C(C)C(C2C(=O)C(C)C(=O)C2C2C(=O)C(C)C(=O)C2C)C1=O.Cc1ccc(NCC(C)C(C)CO)cc1. The number of hydrogen-bond acceptors (Lipinski definition) is 8. The molecule has 1 aromatic carbocycles. The van der Waals surface area contributed by atoms with Crippen molar-refractivity contribution < 1.29 is 33.9 Å². The highest BCUT2D eigenvalue weighted by atomic mass is 16.3. The lowest BCUT2D eigenvalue weighted by molar-refractivity contribution is -0.137. The van der Waals surface area contributed by atoms with Gasteiger partial charge >= 0.3 is 0 Å². The van der Waals surface area contributed by atoms with Gasteiger partial charge in [-0.3, -0.25) is 28.8 Å². The fourth-order valence-corrected chi connectivity index (χ4v) is 6.67. The van der Waals surface area contributed by atoms with Gasteiger partial charge in [0.15, 0.2) is 0 Å². The molecular formula is C33H45NO7. The summed E-state index contributed by atoms with van der Waals surface area (Å²) in [6, 6.07) is 8.38. The summed E-state index contributed by atoms with van der Waals surface area (Å²) in [7, 11) is 0. The maximum absolute atomic E-state index is 12.9. The Kier molecular flexibility index (Phi) is 10.2. The largest absolute Gasteiger partial charge is 0.396 e. The van der Waals surface area contributed by atoms with E-state index in [1.54, 1.807) is 13.8 Å². The van der Waals surface area contributed by atoms with E-state index in [-0.39, 0.29) is 41.3 Å². The standard InChI is InChI=1S/C20H24O6.C13H21NO/c1-6-11(17(23)8(3)15(6)21)13-14(20(26)10(5)19(13)25)12-7(2)16(22)9(4)18(12)24;1-10-4-6-13(7-5-10)14-8-11(2)12(3)9-15/h6-14H,1-5H3;4-7,11-12,14-15H,8-9H2,1-3H3. The molecule has 10 unspecified atom stereocenters. The minimum absolute atomic E-state index is 0.228. The fourth-order valence-electron chi connectivity index (χ4n) is 6.67. The van der Waals surface area contributed by atoms with E-state index in [1.165, 1.54) is 26.3 Å². The Hall–Kier alpha value is -3.00. The number of carbonyl (C=O) groups is 6. The van der Waals surface area contributed by atoms with Crippen LogP contribution in [0.25, 0.3) is 0 Å². The smallest absolute Gasteiger partial charge is 0.147 e. The second kappa shape index (κ2) is 12.9. The Morgan fingerprint density at radius 1 is 0.610 bits per heavy atom. The number of rotatable bonds is 7. The molecule has 10 atom stereocenters. The molecule has 0 spiro atoms. The van der Waals surface area contributed by atoms with Gasteiger partial charge in [-0.05, 0) is 51.7 Å². The van der Waals surface area contributed by atoms with Crippen LogP contribution in [0.15, 0.2) is 24.3 Å². The zero-order valence-electron chi connectivity index (χ0n) is 25.5. The zero-order valence-corrected chi connectivity index (χ0v) is 25.5. The summed E-state index contributed by atoms with van der Waals surface area (Å²) >= 11 is 0. The molecule has 8 heteroatoms. The van der Waals surface area contributed by atoms with Crippen molar-refractivity contribution in [2.75, 3.05) is 18.5 Å². The van der Waals surface area contributed by atoms with Crippen LogP contribution in [-0.2, 0) is 28.8 Å². The molecule has 224 valence electrons. The number of carbonyl (C=O) groups excluding carboxylic acids is 6. The third kappa shape index (κ3) is 6.13. The third-order valence-electron chi connectivity index (χ3n) is 9.95. The Balaban J connectivity index is 0.000000263. The quantitative estimate of drug-likeness (QED) is 0.476. The summed E-state index contributed by atoms with van der Waals surface area (Å²) in [5, 5.41) is 12.4. The van der Waals surface area contributed by atoms with Crippen molar-refractivity contribution in [2.45, 2.75) is 55.4 Å². The molecule has 41 heavy (non-hydrogen) atoms. The van der Waals surface area contributed by atoms with Crippen LogP contribution in [0.3, 0.4) is 0 Å². The molecule has 3 saturated carbocycles. The second-order valence-electron chi connectivity index (χ2n) is 12.6. The van der Waals surface area contributed by atoms with Crippen LogP contribution < -0.4 is 5.32 Å². The van der Waals surface area contributed by atoms with Gasteiger partial charge in [-0.1, -0.05) is 45.4 Å². The van der Waals surface area contributed by atoms with E-state index in [1.807, 2.05) is 0 Å². The molecule has 0 aliphatic heterocycles. The zero-order chi connectivity index (χ0) is 30.9. The van der Waals surface area contributed by atoms with E-state index < -0.39 is 53.3 Å². The highest BCUT2D eigenvalue weighted by Crippen LogP contribution is 2.50. The third-order valence-corrected chi connectivity index (χ3v) is 9.95. The topological polar surface area (TPSA) is 135 Å². The summed E-state index contributed by atoms with van der Waals surface area (Å²) < 4.78 is 0. The van der Waals surface area contributed by atoms with Crippen molar-refractivity contribution in [3.8, 4) is 0 Å². The number of benzene rings is 1. The number of aryl methyl sites for hydroxylation is 1. The van der Waals surface area contributed by atoms with Crippen LogP contribution in [0.5, 0.6) is 0 Å². The van der Waals surface area contributed by atoms with Crippen LogP contribution in [0.2, 0.25) is 0 Å². The lowest BCUT2D eigenvalue weighted by Crippen LogP contribution is -2.39. The highest BCUT2D eigenvalue weighted by molar-refractivity contribution is 6.20. The van der Waals surface area contributed by atoms with E-state index in [4.69, 9.17) is 5.11 Å². The minimum atomic E-state index is -0.983. The van der Waals surface area contributed by atoms with E-state index in [9.17, 15) is 28.8 Å². The average molecular weight is 568 g/mol. The number of aliphatic hydroxyl groups is 1. The monoisotopic (exact) mass is 567 g/mol. The van der Waals surface area contributed by atoms with Gasteiger partial charge in [0.05, 0.1) is 17.8 Å². The number of Topliss-reactive ketones (excluding diaryl/α,β-unsaturated/α-hetero) is 6. The average Bonchev–Trinajstić information content (AvgIpc) is 3.37. The van der Waals surface area contributed by atoms with Crippen molar-refractivity contribution in [1.82, 2.24) is 0 Å². The van der Waals surface area contributed by atoms with E-state index >= 15 is 0 Å². The van der Waals surface area contributed by atoms with Crippen molar-refractivity contribution in [3.05, 3.63) is 29.8 Å². The molecule has 1 aromatic rings. The highest BCUT2D eigenvalue weighted by Gasteiger charge is 2.63. The van der Waals surface area contributed by atoms with Crippen molar-refractivity contribution in [1.29, 1.82) is 0 Å². The molecule has 0 bridgehead atoms. The van der Waals surface area contributed by atoms with Gasteiger partial charge in [0.2, 0.25) is 0 Å². The summed E-state index contributed by atoms with van der Waals surface area (Å²) in [5.41, 5.74) is 2.43. The molecule has 3 fully saturated rings. The molecule has 0 saturated heterocycles. The first-order valence-corrected chi connectivity index (χ1v) is 14.8. The van der Waals surface area contributed by atoms with Gasteiger partial charge < -0.3 is 10.4 Å². The molecule has 0 radical (unpaired) electrons. The first-order chi connectivity index (χ1) is 19.1. The molecule has 0 amide bonds. The Morgan fingerprint density at radius 2 is 0.976 bits per heavy atom. The van der Waals surface area contributed by atoms with Gasteiger partial charge in [0.1, 0.15) is 34.7 Å². The number of ketones is 6. The summed E-state index contributed by atoms with van der Waals surface area (Å²) in [5.74, 6) is -8.59. The van der Waals surface area contributed by atoms with Crippen molar-refractivity contribution in [3.63, 3.8) is 0 Å². The molecule has 0 aromatic heterocycles. The molecule has 2 N–H and O–H groups in total. The van der Waals surface area contributed by atoms with Gasteiger partial charge in [-0.2, -0.15) is 0 Å².